The maximum atomic E-state index is 11.0. The van der Waals surface area contributed by atoms with E-state index in [-0.39, 0.29) is 11.9 Å². The van der Waals surface area contributed by atoms with Gasteiger partial charge in [0, 0.05) is 39.8 Å². The lowest BCUT2D eigenvalue weighted by Gasteiger charge is -2.26. The first-order valence-electron chi connectivity index (χ1n) is 10.5. The van der Waals surface area contributed by atoms with Crippen LogP contribution in [0.5, 0.6) is 11.5 Å². The van der Waals surface area contributed by atoms with E-state index in [2.05, 4.69) is 16.0 Å². The van der Waals surface area contributed by atoms with E-state index in [1.165, 1.54) is 0 Å². The molecule has 168 valence electrons. The molecule has 2 saturated heterocycles. The highest BCUT2D eigenvalue weighted by molar-refractivity contribution is 7.99. The van der Waals surface area contributed by atoms with Crippen LogP contribution in [0, 0.1) is 0 Å². The first kappa shape index (κ1) is 24.6. The van der Waals surface area contributed by atoms with Gasteiger partial charge in [0.25, 0.3) is 0 Å². The molecule has 2 fully saturated rings. The Morgan fingerprint density at radius 2 is 1.55 bits per heavy atom. The molecule has 2 aromatic carbocycles. The summed E-state index contributed by atoms with van der Waals surface area (Å²) in [5.41, 5.74) is 0. The Bertz CT molecular complexity index is 708. The SMILES string of the molecule is CNC(=O)N1CCNCC1.O=C1CSCCCN1.c1ccc(Oc2ccccc2)cc1. The summed E-state index contributed by atoms with van der Waals surface area (Å²) in [5, 5.41) is 8.55. The predicted molar refractivity (Wildman–Crippen MR) is 127 cm³/mol. The van der Waals surface area contributed by atoms with E-state index in [0.29, 0.717) is 5.75 Å². The number of hydrogen-bond acceptors (Lipinski definition) is 5. The maximum absolute atomic E-state index is 11.0. The van der Waals surface area contributed by atoms with Crippen molar-refractivity contribution in [2.45, 2.75) is 6.42 Å². The Morgan fingerprint density at radius 1 is 0.968 bits per heavy atom. The molecule has 31 heavy (non-hydrogen) atoms. The van der Waals surface area contributed by atoms with Crippen LogP contribution in [0.25, 0.3) is 0 Å². The quantitative estimate of drug-likeness (QED) is 0.663. The van der Waals surface area contributed by atoms with Crippen molar-refractivity contribution in [1.29, 1.82) is 0 Å². The van der Waals surface area contributed by atoms with Crippen LogP contribution in [0.2, 0.25) is 0 Å². The Balaban J connectivity index is 0.000000171. The van der Waals surface area contributed by atoms with Gasteiger partial charge in [0.1, 0.15) is 11.5 Å². The summed E-state index contributed by atoms with van der Waals surface area (Å²) >= 11 is 1.71. The molecule has 3 amide bonds. The van der Waals surface area contributed by atoms with Crippen LogP contribution in [-0.4, -0.2) is 68.1 Å². The van der Waals surface area contributed by atoms with Gasteiger partial charge in [-0.1, -0.05) is 36.4 Å². The van der Waals surface area contributed by atoms with Gasteiger partial charge in [0.15, 0.2) is 0 Å². The topological polar surface area (TPSA) is 82.7 Å². The molecule has 0 saturated carbocycles. The summed E-state index contributed by atoms with van der Waals surface area (Å²) < 4.78 is 5.58. The Kier molecular flexibility index (Phi) is 12.0. The number of para-hydroxylation sites is 2. The van der Waals surface area contributed by atoms with Crippen molar-refractivity contribution in [2.75, 3.05) is 51.3 Å². The lowest BCUT2D eigenvalue weighted by molar-refractivity contribution is -0.118. The van der Waals surface area contributed by atoms with Gasteiger partial charge in [-0.15, -0.1) is 0 Å². The minimum atomic E-state index is 0.0292. The highest BCUT2D eigenvalue weighted by Crippen LogP contribution is 2.19. The molecular formula is C23H32N4O3S. The van der Waals surface area contributed by atoms with Crippen molar-refractivity contribution >= 4 is 23.7 Å². The number of benzene rings is 2. The predicted octanol–water partition coefficient (Wildman–Crippen LogP) is 2.95. The normalized spacial score (nSPS) is 15.6. The number of thioether (sulfide) groups is 1. The Morgan fingerprint density at radius 3 is 2.10 bits per heavy atom. The first-order valence-corrected chi connectivity index (χ1v) is 11.6. The van der Waals surface area contributed by atoms with Gasteiger partial charge < -0.3 is 25.6 Å². The average Bonchev–Trinajstić information content (AvgIpc) is 3.09. The van der Waals surface area contributed by atoms with Gasteiger partial charge in [-0.2, -0.15) is 11.8 Å². The number of urea groups is 1. The zero-order valence-corrected chi connectivity index (χ0v) is 18.8. The highest BCUT2D eigenvalue weighted by Gasteiger charge is 2.13. The zero-order chi connectivity index (χ0) is 22.2. The smallest absolute Gasteiger partial charge is 0.317 e. The van der Waals surface area contributed by atoms with Crippen molar-refractivity contribution in [3.8, 4) is 11.5 Å². The van der Waals surface area contributed by atoms with Crippen LogP contribution in [0.3, 0.4) is 0 Å². The molecular weight excluding hydrogens is 412 g/mol. The van der Waals surface area contributed by atoms with Crippen LogP contribution < -0.4 is 20.7 Å². The van der Waals surface area contributed by atoms with Gasteiger partial charge in [-0.3, -0.25) is 4.79 Å². The molecule has 2 aromatic rings. The molecule has 2 aliphatic rings. The third kappa shape index (κ3) is 10.8. The lowest BCUT2D eigenvalue weighted by Crippen LogP contribution is -2.49. The van der Waals surface area contributed by atoms with Crippen LogP contribution in [0.15, 0.2) is 60.7 Å². The van der Waals surface area contributed by atoms with E-state index in [0.717, 1.165) is 56.4 Å². The molecule has 4 rings (SSSR count). The number of nitrogens with zero attached hydrogens (tertiary/aromatic N) is 1. The maximum Gasteiger partial charge on any atom is 0.317 e. The van der Waals surface area contributed by atoms with E-state index in [9.17, 15) is 9.59 Å². The van der Waals surface area contributed by atoms with Crippen LogP contribution >= 0.6 is 11.8 Å². The van der Waals surface area contributed by atoms with Gasteiger partial charge >= 0.3 is 6.03 Å². The van der Waals surface area contributed by atoms with Crippen LogP contribution in [-0.2, 0) is 4.79 Å². The second-order valence-corrected chi connectivity index (χ2v) is 7.88. The summed E-state index contributed by atoms with van der Waals surface area (Å²) in [7, 11) is 1.66. The molecule has 7 nitrogen and oxygen atoms in total. The van der Waals surface area contributed by atoms with Crippen molar-refractivity contribution in [1.82, 2.24) is 20.9 Å². The van der Waals surface area contributed by atoms with E-state index in [1.807, 2.05) is 60.7 Å². The second kappa shape index (κ2) is 15.1. The van der Waals surface area contributed by atoms with Gasteiger partial charge in [0.05, 0.1) is 5.75 Å². The molecule has 0 unspecified atom stereocenters. The fourth-order valence-corrected chi connectivity index (χ4v) is 3.54. The second-order valence-electron chi connectivity index (χ2n) is 6.78. The Hall–Kier alpha value is -2.71. The first-order chi connectivity index (χ1) is 15.2. The zero-order valence-electron chi connectivity index (χ0n) is 18.0. The fourth-order valence-electron chi connectivity index (χ4n) is 2.76. The molecule has 0 bridgehead atoms. The molecule has 0 radical (unpaired) electrons. The molecule has 0 spiro atoms. The van der Waals surface area contributed by atoms with Crippen molar-refractivity contribution in [3.05, 3.63) is 60.7 Å². The molecule has 0 aromatic heterocycles. The van der Waals surface area contributed by atoms with E-state index < -0.39 is 0 Å². The van der Waals surface area contributed by atoms with Crippen LogP contribution in [0.1, 0.15) is 6.42 Å². The van der Waals surface area contributed by atoms with E-state index in [1.54, 1.807) is 23.7 Å². The van der Waals surface area contributed by atoms with Crippen molar-refractivity contribution in [3.63, 3.8) is 0 Å². The van der Waals surface area contributed by atoms with Gasteiger partial charge in [-0.25, -0.2) is 4.79 Å². The van der Waals surface area contributed by atoms with E-state index in [4.69, 9.17) is 4.74 Å². The molecule has 8 heteroatoms. The molecule has 2 heterocycles. The third-order valence-electron chi connectivity index (χ3n) is 4.36. The molecule has 2 aliphatic heterocycles. The lowest BCUT2D eigenvalue weighted by atomic mass is 10.3. The summed E-state index contributed by atoms with van der Waals surface area (Å²) in [6.07, 6.45) is 1.12. The number of amides is 3. The highest BCUT2D eigenvalue weighted by atomic mass is 32.2. The number of carbonyl (C=O) groups excluding carboxylic acids is 2. The largest absolute Gasteiger partial charge is 0.457 e. The molecule has 0 aliphatic carbocycles. The molecule has 0 atom stereocenters. The van der Waals surface area contributed by atoms with Crippen molar-refractivity contribution < 1.29 is 14.3 Å². The minimum Gasteiger partial charge on any atom is -0.457 e. The van der Waals surface area contributed by atoms with Crippen molar-refractivity contribution in [2.24, 2.45) is 0 Å². The number of piperazine rings is 1. The number of ether oxygens (including phenoxy) is 1. The number of hydrogen-bond donors (Lipinski definition) is 3. The molecule has 3 N–H and O–H groups in total. The summed E-state index contributed by atoms with van der Waals surface area (Å²) in [6.45, 7) is 4.33. The van der Waals surface area contributed by atoms with Gasteiger partial charge in [0.2, 0.25) is 5.91 Å². The summed E-state index contributed by atoms with van der Waals surface area (Å²) in [4.78, 5) is 23.3. The fraction of sp³-hybridized carbons (Fsp3) is 0.391. The number of rotatable bonds is 2. The number of carbonyl (C=O) groups is 2. The standard InChI is InChI=1S/C12H10O.C6H13N3O.C5H9NOS/c1-3-7-11(8-4-1)13-12-9-5-2-6-10-12;1-7-6(10)9-4-2-8-3-5-9;7-5-4-8-3-1-2-6-5/h1-10H;8H,2-5H2,1H3,(H,7,10);1-4H2,(H,6,7). The minimum absolute atomic E-state index is 0.0292. The summed E-state index contributed by atoms with van der Waals surface area (Å²) in [5.74, 6) is 3.70. The monoisotopic (exact) mass is 444 g/mol. The Labute approximate surface area is 188 Å². The van der Waals surface area contributed by atoms with E-state index >= 15 is 0 Å². The third-order valence-corrected chi connectivity index (χ3v) is 5.40. The summed E-state index contributed by atoms with van der Waals surface area (Å²) in [6, 6.07) is 19.5. The number of nitrogens with one attached hydrogen (secondary N) is 3. The van der Waals surface area contributed by atoms with Gasteiger partial charge in [-0.05, 0) is 36.4 Å². The van der Waals surface area contributed by atoms with Crippen LogP contribution in [0.4, 0.5) is 4.79 Å². The average molecular weight is 445 g/mol.